The molecule has 0 saturated carbocycles. The maximum atomic E-state index is 11.2. The molecule has 0 radical (unpaired) electrons. The predicted molar refractivity (Wildman–Crippen MR) is 139 cm³/mol. The summed E-state index contributed by atoms with van der Waals surface area (Å²) in [6.07, 6.45) is 0. The number of hydrogen-bond acceptors (Lipinski definition) is 3. The molecule has 1 saturated heterocycles. The molecule has 0 bridgehead atoms. The molecule has 1 aliphatic rings. The average molecular weight is 451 g/mol. The third kappa shape index (κ3) is 4.55. The lowest BCUT2D eigenvalue weighted by Crippen LogP contribution is -2.30. The summed E-state index contributed by atoms with van der Waals surface area (Å²) in [6, 6.07) is 33.3. The minimum atomic E-state index is -0.889. The van der Waals surface area contributed by atoms with E-state index in [4.69, 9.17) is 0 Å². The monoisotopic (exact) mass is 450 g/mol. The number of aromatic carboxylic acids is 1. The van der Waals surface area contributed by atoms with Gasteiger partial charge in [-0.05, 0) is 59.0 Å². The van der Waals surface area contributed by atoms with Crippen LogP contribution < -0.4 is 10.2 Å². The van der Waals surface area contributed by atoms with Crippen LogP contribution in [0.3, 0.4) is 0 Å². The number of rotatable bonds is 7. The molecule has 1 heterocycles. The number of benzene rings is 4. The fourth-order valence-corrected chi connectivity index (χ4v) is 5.25. The first kappa shape index (κ1) is 22.2. The molecule has 0 aliphatic carbocycles. The van der Waals surface area contributed by atoms with Crippen molar-refractivity contribution < 1.29 is 9.90 Å². The third-order valence-corrected chi connectivity index (χ3v) is 7.12. The van der Waals surface area contributed by atoms with E-state index in [2.05, 4.69) is 89.9 Å². The Bertz CT molecular complexity index is 1260. The molecule has 172 valence electrons. The Morgan fingerprint density at radius 2 is 1.62 bits per heavy atom. The molecular formula is C30H30N2O2. The number of nitrogens with zero attached hydrogens (tertiary/aromatic N) is 1. The van der Waals surface area contributed by atoms with Crippen LogP contribution in [0.25, 0.3) is 10.8 Å². The Labute approximate surface area is 200 Å². The van der Waals surface area contributed by atoms with Gasteiger partial charge in [0.25, 0.3) is 0 Å². The molecule has 5 rings (SSSR count). The summed E-state index contributed by atoms with van der Waals surface area (Å²) in [5.74, 6) is -0.0359. The van der Waals surface area contributed by atoms with Crippen molar-refractivity contribution in [2.75, 3.05) is 24.5 Å². The van der Waals surface area contributed by atoms with Gasteiger partial charge in [-0.25, -0.2) is 4.79 Å². The summed E-state index contributed by atoms with van der Waals surface area (Å²) in [5.41, 5.74) is 4.09. The van der Waals surface area contributed by atoms with Gasteiger partial charge in [-0.1, -0.05) is 72.8 Å². The van der Waals surface area contributed by atoms with Gasteiger partial charge in [-0.15, -0.1) is 0 Å². The van der Waals surface area contributed by atoms with Gasteiger partial charge in [0.2, 0.25) is 0 Å². The molecule has 2 N–H and O–H groups in total. The van der Waals surface area contributed by atoms with Crippen LogP contribution in [0.2, 0.25) is 0 Å². The topological polar surface area (TPSA) is 52.6 Å². The maximum absolute atomic E-state index is 11.2. The van der Waals surface area contributed by atoms with Crippen molar-refractivity contribution in [3.63, 3.8) is 0 Å². The summed E-state index contributed by atoms with van der Waals surface area (Å²) in [5, 5.41) is 15.6. The minimum Gasteiger partial charge on any atom is -0.478 e. The van der Waals surface area contributed by atoms with Crippen LogP contribution >= 0.6 is 0 Å². The molecule has 4 heteroatoms. The van der Waals surface area contributed by atoms with E-state index in [1.54, 1.807) is 12.1 Å². The van der Waals surface area contributed by atoms with Gasteiger partial charge in [0.1, 0.15) is 0 Å². The number of anilines is 1. The smallest absolute Gasteiger partial charge is 0.335 e. The Morgan fingerprint density at radius 3 is 2.38 bits per heavy atom. The highest BCUT2D eigenvalue weighted by Gasteiger charge is 2.34. The van der Waals surface area contributed by atoms with Crippen molar-refractivity contribution in [1.29, 1.82) is 0 Å². The van der Waals surface area contributed by atoms with Gasteiger partial charge in [0.15, 0.2) is 0 Å². The van der Waals surface area contributed by atoms with E-state index in [0.29, 0.717) is 17.4 Å². The molecule has 1 fully saturated rings. The number of nitrogens with one attached hydrogen (secondary N) is 1. The first-order valence-corrected chi connectivity index (χ1v) is 11.9. The van der Waals surface area contributed by atoms with Crippen LogP contribution in [0.15, 0.2) is 97.1 Å². The Hall–Kier alpha value is -3.63. The van der Waals surface area contributed by atoms with Crippen LogP contribution in [0.5, 0.6) is 0 Å². The first-order valence-electron chi connectivity index (χ1n) is 11.9. The van der Waals surface area contributed by atoms with Crippen molar-refractivity contribution in [3.8, 4) is 0 Å². The highest BCUT2D eigenvalue weighted by Crippen LogP contribution is 2.36. The van der Waals surface area contributed by atoms with Crippen molar-refractivity contribution in [3.05, 3.63) is 114 Å². The molecular weight excluding hydrogens is 420 g/mol. The summed E-state index contributed by atoms with van der Waals surface area (Å²) in [4.78, 5) is 13.6. The van der Waals surface area contributed by atoms with Crippen molar-refractivity contribution in [1.82, 2.24) is 5.32 Å². The second-order valence-corrected chi connectivity index (χ2v) is 9.23. The Morgan fingerprint density at radius 1 is 0.912 bits per heavy atom. The molecule has 0 amide bonds. The molecule has 34 heavy (non-hydrogen) atoms. The lowest BCUT2D eigenvalue weighted by Gasteiger charge is -2.23. The Kier molecular flexibility index (Phi) is 6.33. The van der Waals surface area contributed by atoms with Crippen LogP contribution in [-0.4, -0.2) is 30.7 Å². The number of carboxylic acids is 1. The fourth-order valence-electron chi connectivity index (χ4n) is 5.25. The van der Waals surface area contributed by atoms with E-state index in [1.807, 2.05) is 12.1 Å². The van der Waals surface area contributed by atoms with Crippen LogP contribution in [0.4, 0.5) is 5.69 Å². The van der Waals surface area contributed by atoms with E-state index in [1.165, 1.54) is 21.9 Å². The molecule has 4 aromatic carbocycles. The predicted octanol–water partition coefficient (Wildman–Crippen LogP) is 6.11. The second kappa shape index (κ2) is 9.70. The van der Waals surface area contributed by atoms with E-state index in [9.17, 15) is 9.90 Å². The average Bonchev–Trinajstić information content (AvgIpc) is 3.32. The first-order chi connectivity index (χ1) is 16.6. The summed E-state index contributed by atoms with van der Waals surface area (Å²) in [7, 11) is 0. The van der Waals surface area contributed by atoms with E-state index in [-0.39, 0.29) is 6.04 Å². The van der Waals surface area contributed by atoms with Gasteiger partial charge in [0, 0.05) is 37.3 Å². The minimum absolute atomic E-state index is 0.242. The largest absolute Gasteiger partial charge is 0.478 e. The second-order valence-electron chi connectivity index (χ2n) is 9.23. The van der Waals surface area contributed by atoms with Gasteiger partial charge in [-0.3, -0.25) is 0 Å². The Balaban J connectivity index is 1.35. The van der Waals surface area contributed by atoms with Crippen molar-refractivity contribution in [2.24, 2.45) is 5.92 Å². The highest BCUT2D eigenvalue weighted by atomic mass is 16.4. The fraction of sp³-hybridized carbons (Fsp3) is 0.233. The SMILES string of the molecule is C[C@@H](NC[C@H]1CN(c2ccc(C(=O)O)cc2)C[C@@H]1c1ccccc1)c1cccc2ccccc12. The quantitative estimate of drug-likeness (QED) is 0.357. The summed E-state index contributed by atoms with van der Waals surface area (Å²) in [6.45, 7) is 5.01. The number of carbonyl (C=O) groups is 1. The third-order valence-electron chi connectivity index (χ3n) is 7.12. The van der Waals surface area contributed by atoms with E-state index in [0.717, 1.165) is 25.3 Å². The standard InChI is InChI=1S/C30H30N2O2/c1-21(27-13-7-11-22-10-5-6-12-28(22)27)31-18-25-19-32(20-29(25)23-8-3-2-4-9-23)26-16-14-24(15-17-26)30(33)34/h2-17,21,25,29,31H,18-20H2,1H3,(H,33,34)/t21-,25+,29-/m1/s1. The normalized spacial score (nSPS) is 18.8. The molecule has 0 unspecified atom stereocenters. The highest BCUT2D eigenvalue weighted by molar-refractivity contribution is 5.88. The number of carboxylic acid groups (broad SMARTS) is 1. The molecule has 0 spiro atoms. The van der Waals surface area contributed by atoms with Crippen molar-refractivity contribution >= 4 is 22.4 Å². The van der Waals surface area contributed by atoms with Crippen LogP contribution in [0.1, 0.15) is 40.4 Å². The zero-order valence-electron chi connectivity index (χ0n) is 19.4. The lowest BCUT2D eigenvalue weighted by atomic mass is 9.88. The van der Waals surface area contributed by atoms with E-state index >= 15 is 0 Å². The van der Waals surface area contributed by atoms with E-state index < -0.39 is 5.97 Å². The van der Waals surface area contributed by atoms with Gasteiger partial charge in [0.05, 0.1) is 5.56 Å². The van der Waals surface area contributed by atoms with Crippen molar-refractivity contribution in [2.45, 2.75) is 18.9 Å². The van der Waals surface area contributed by atoms with Gasteiger partial charge in [-0.2, -0.15) is 0 Å². The number of hydrogen-bond donors (Lipinski definition) is 2. The molecule has 4 aromatic rings. The molecule has 1 aliphatic heterocycles. The molecule has 0 aromatic heterocycles. The summed E-state index contributed by atoms with van der Waals surface area (Å²) >= 11 is 0. The van der Waals surface area contributed by atoms with Crippen LogP contribution in [0, 0.1) is 5.92 Å². The number of fused-ring (bicyclic) bond motifs is 1. The summed E-state index contributed by atoms with van der Waals surface area (Å²) < 4.78 is 0. The lowest BCUT2D eigenvalue weighted by molar-refractivity contribution is 0.0697. The molecule has 3 atom stereocenters. The van der Waals surface area contributed by atoms with Crippen LogP contribution in [-0.2, 0) is 0 Å². The van der Waals surface area contributed by atoms with Gasteiger partial charge >= 0.3 is 5.97 Å². The molecule has 4 nitrogen and oxygen atoms in total. The maximum Gasteiger partial charge on any atom is 0.335 e. The van der Waals surface area contributed by atoms with Gasteiger partial charge < -0.3 is 15.3 Å². The zero-order chi connectivity index (χ0) is 23.5. The zero-order valence-corrected chi connectivity index (χ0v) is 19.4.